The number of imidazole rings is 2. The molecule has 1 aliphatic rings. The Hall–Kier alpha value is -2.70. The Bertz CT molecular complexity index is 923. The van der Waals surface area contributed by atoms with Crippen LogP contribution in [0.3, 0.4) is 0 Å². The van der Waals surface area contributed by atoms with Crippen molar-refractivity contribution in [3.63, 3.8) is 0 Å². The molecular formula is C19H22FN5O. The van der Waals surface area contributed by atoms with Gasteiger partial charge in [0.2, 0.25) is 5.91 Å². The number of aryl methyl sites for hydroxylation is 2. The number of carbonyl (C=O) groups excluding carboxylic acids is 1. The van der Waals surface area contributed by atoms with Gasteiger partial charge in [-0.05, 0) is 31.0 Å². The number of rotatable bonds is 4. The van der Waals surface area contributed by atoms with E-state index in [2.05, 4.69) is 19.5 Å². The average Bonchev–Trinajstić information content (AvgIpc) is 3.25. The summed E-state index contributed by atoms with van der Waals surface area (Å²) in [5.41, 5.74) is 1.40. The number of halogens is 1. The van der Waals surface area contributed by atoms with Crippen LogP contribution in [0.4, 0.5) is 4.39 Å². The number of carbonyl (C=O) groups is 1. The summed E-state index contributed by atoms with van der Waals surface area (Å²) in [6.07, 6.45) is 6.63. The molecule has 1 N–H and O–H groups in total. The van der Waals surface area contributed by atoms with Crippen molar-refractivity contribution < 1.29 is 9.18 Å². The molecule has 0 saturated carbocycles. The zero-order chi connectivity index (χ0) is 18.1. The number of likely N-dealkylation sites (tertiary alicyclic amines) is 1. The molecule has 1 aliphatic heterocycles. The molecule has 7 heteroatoms. The minimum atomic E-state index is -0.292. The van der Waals surface area contributed by atoms with E-state index in [0.717, 1.165) is 43.1 Å². The van der Waals surface area contributed by atoms with Crippen molar-refractivity contribution in [2.75, 3.05) is 13.1 Å². The van der Waals surface area contributed by atoms with Crippen molar-refractivity contribution in [2.24, 2.45) is 7.05 Å². The molecule has 0 bridgehead atoms. The van der Waals surface area contributed by atoms with Gasteiger partial charge < -0.3 is 14.5 Å². The second-order valence-electron chi connectivity index (χ2n) is 6.90. The van der Waals surface area contributed by atoms with Crippen LogP contribution >= 0.6 is 0 Å². The molecule has 2 aromatic heterocycles. The molecule has 1 saturated heterocycles. The number of hydrogen-bond acceptors (Lipinski definition) is 3. The third-order valence-corrected chi connectivity index (χ3v) is 5.14. The van der Waals surface area contributed by atoms with E-state index in [1.54, 1.807) is 6.07 Å². The molecule has 0 aliphatic carbocycles. The summed E-state index contributed by atoms with van der Waals surface area (Å²) in [6, 6.07) is 4.47. The van der Waals surface area contributed by atoms with Crippen molar-refractivity contribution in [1.29, 1.82) is 0 Å². The lowest BCUT2D eigenvalue weighted by molar-refractivity contribution is -0.132. The molecule has 0 unspecified atom stereocenters. The molecule has 26 heavy (non-hydrogen) atoms. The smallest absolute Gasteiger partial charge is 0.223 e. The van der Waals surface area contributed by atoms with Gasteiger partial charge in [0, 0.05) is 51.3 Å². The molecule has 1 aromatic carbocycles. The lowest BCUT2D eigenvalue weighted by Crippen LogP contribution is -2.38. The maximum absolute atomic E-state index is 13.2. The minimum absolute atomic E-state index is 0.148. The number of hydrogen-bond donors (Lipinski definition) is 1. The summed E-state index contributed by atoms with van der Waals surface area (Å²) in [5.74, 6) is 2.10. The Labute approximate surface area is 151 Å². The first-order chi connectivity index (χ1) is 12.6. The summed E-state index contributed by atoms with van der Waals surface area (Å²) < 4.78 is 15.3. The zero-order valence-electron chi connectivity index (χ0n) is 14.8. The van der Waals surface area contributed by atoms with Crippen LogP contribution in [0, 0.1) is 5.82 Å². The molecule has 4 rings (SSSR count). The highest BCUT2D eigenvalue weighted by molar-refractivity contribution is 5.77. The van der Waals surface area contributed by atoms with Crippen LogP contribution < -0.4 is 0 Å². The van der Waals surface area contributed by atoms with Crippen molar-refractivity contribution in [3.05, 3.63) is 48.1 Å². The number of piperidine rings is 1. The van der Waals surface area contributed by atoms with Gasteiger partial charge in [0.1, 0.15) is 17.5 Å². The molecule has 1 fully saturated rings. The predicted molar refractivity (Wildman–Crippen MR) is 96.1 cm³/mol. The number of aromatic nitrogens is 4. The number of benzene rings is 1. The van der Waals surface area contributed by atoms with Crippen LogP contribution in [0.2, 0.25) is 0 Å². The standard InChI is InChI=1S/C19H22FN5O/c1-24-11-8-21-19(24)13-6-9-25(10-7-13)18(26)5-4-17-22-15-3-2-14(20)12-16(15)23-17/h2-3,8,11-13H,4-7,9-10H2,1H3,(H,22,23). The molecule has 0 spiro atoms. The molecular weight excluding hydrogens is 333 g/mol. The van der Waals surface area contributed by atoms with Gasteiger partial charge in [-0.1, -0.05) is 0 Å². The highest BCUT2D eigenvalue weighted by atomic mass is 19.1. The summed E-state index contributed by atoms with van der Waals surface area (Å²) in [4.78, 5) is 26.4. The fourth-order valence-electron chi connectivity index (χ4n) is 3.69. The first-order valence-electron chi connectivity index (χ1n) is 8.99. The van der Waals surface area contributed by atoms with Crippen molar-refractivity contribution in [1.82, 2.24) is 24.4 Å². The number of amides is 1. The zero-order valence-corrected chi connectivity index (χ0v) is 14.8. The Morgan fingerprint density at radius 3 is 2.88 bits per heavy atom. The second kappa shape index (κ2) is 6.90. The van der Waals surface area contributed by atoms with E-state index < -0.39 is 0 Å². The molecule has 136 valence electrons. The molecule has 3 aromatic rings. The molecule has 3 heterocycles. The molecule has 6 nitrogen and oxygen atoms in total. The number of aromatic amines is 1. The summed E-state index contributed by atoms with van der Waals surface area (Å²) >= 11 is 0. The van der Waals surface area contributed by atoms with Gasteiger partial charge in [0.15, 0.2) is 0 Å². The Kier molecular flexibility index (Phi) is 4.44. The van der Waals surface area contributed by atoms with E-state index in [1.165, 1.54) is 12.1 Å². The quantitative estimate of drug-likeness (QED) is 0.782. The monoisotopic (exact) mass is 355 g/mol. The SMILES string of the molecule is Cn1ccnc1C1CCN(C(=O)CCc2nc3ccc(F)cc3[nH]2)CC1. The Balaban J connectivity index is 1.32. The predicted octanol–water partition coefficient (Wildman–Crippen LogP) is 2.77. The molecule has 0 radical (unpaired) electrons. The minimum Gasteiger partial charge on any atom is -0.343 e. The van der Waals surface area contributed by atoms with E-state index in [9.17, 15) is 9.18 Å². The van der Waals surface area contributed by atoms with Crippen molar-refractivity contribution >= 4 is 16.9 Å². The second-order valence-corrected chi connectivity index (χ2v) is 6.90. The van der Waals surface area contributed by atoms with E-state index in [4.69, 9.17) is 0 Å². The normalized spacial score (nSPS) is 15.7. The van der Waals surface area contributed by atoms with E-state index in [-0.39, 0.29) is 11.7 Å². The average molecular weight is 355 g/mol. The lowest BCUT2D eigenvalue weighted by atomic mass is 9.95. The largest absolute Gasteiger partial charge is 0.343 e. The summed E-state index contributed by atoms with van der Waals surface area (Å²) in [7, 11) is 2.01. The van der Waals surface area contributed by atoms with Crippen molar-refractivity contribution in [3.8, 4) is 0 Å². The highest BCUT2D eigenvalue weighted by Crippen LogP contribution is 2.26. The maximum atomic E-state index is 13.2. The van der Waals surface area contributed by atoms with E-state index in [1.807, 2.05) is 24.3 Å². The van der Waals surface area contributed by atoms with Crippen LogP contribution in [0.1, 0.15) is 36.8 Å². The first kappa shape index (κ1) is 16.8. The van der Waals surface area contributed by atoms with Gasteiger partial charge in [-0.25, -0.2) is 14.4 Å². The van der Waals surface area contributed by atoms with Crippen LogP contribution in [-0.2, 0) is 18.3 Å². The highest BCUT2D eigenvalue weighted by Gasteiger charge is 2.25. The fraction of sp³-hybridized carbons (Fsp3) is 0.421. The molecule has 1 amide bonds. The molecule has 0 atom stereocenters. The van der Waals surface area contributed by atoms with Gasteiger partial charge >= 0.3 is 0 Å². The van der Waals surface area contributed by atoms with Crippen LogP contribution in [0.25, 0.3) is 11.0 Å². The van der Waals surface area contributed by atoms with Crippen LogP contribution in [0.5, 0.6) is 0 Å². The number of H-pyrrole nitrogens is 1. The first-order valence-corrected chi connectivity index (χ1v) is 8.99. The number of nitrogens with zero attached hydrogens (tertiary/aromatic N) is 4. The van der Waals surface area contributed by atoms with Crippen molar-refractivity contribution in [2.45, 2.75) is 31.6 Å². The lowest BCUT2D eigenvalue weighted by Gasteiger charge is -2.31. The van der Waals surface area contributed by atoms with Crippen LogP contribution in [-0.4, -0.2) is 43.4 Å². The van der Waals surface area contributed by atoms with Gasteiger partial charge in [-0.2, -0.15) is 0 Å². The third kappa shape index (κ3) is 3.34. The Morgan fingerprint density at radius 2 is 2.15 bits per heavy atom. The maximum Gasteiger partial charge on any atom is 0.223 e. The van der Waals surface area contributed by atoms with Crippen LogP contribution in [0.15, 0.2) is 30.6 Å². The summed E-state index contributed by atoms with van der Waals surface area (Å²) in [5, 5.41) is 0. The third-order valence-electron chi connectivity index (χ3n) is 5.14. The van der Waals surface area contributed by atoms with Gasteiger partial charge in [-0.3, -0.25) is 4.79 Å². The fourth-order valence-corrected chi connectivity index (χ4v) is 3.69. The van der Waals surface area contributed by atoms with Gasteiger partial charge in [-0.15, -0.1) is 0 Å². The Morgan fingerprint density at radius 1 is 1.35 bits per heavy atom. The summed E-state index contributed by atoms with van der Waals surface area (Å²) in [6.45, 7) is 1.53. The number of nitrogens with one attached hydrogen (secondary N) is 1. The topological polar surface area (TPSA) is 66.8 Å². The number of fused-ring (bicyclic) bond motifs is 1. The van der Waals surface area contributed by atoms with E-state index in [0.29, 0.717) is 24.3 Å². The van der Waals surface area contributed by atoms with Gasteiger partial charge in [0.05, 0.1) is 11.0 Å². The van der Waals surface area contributed by atoms with Gasteiger partial charge in [0.25, 0.3) is 0 Å². The van der Waals surface area contributed by atoms with E-state index >= 15 is 0 Å².